The van der Waals surface area contributed by atoms with Gasteiger partial charge in [0.05, 0.1) is 17.1 Å². The second-order valence-electron chi connectivity index (χ2n) is 12.0. The molecule has 3 aliphatic carbocycles. The second-order valence-corrected chi connectivity index (χ2v) is 12.0. The number of fused-ring (bicyclic) bond motifs is 4. The molecule has 2 heterocycles. The highest BCUT2D eigenvalue weighted by molar-refractivity contribution is 6.10. The van der Waals surface area contributed by atoms with E-state index in [-0.39, 0.29) is 23.1 Å². The monoisotopic (exact) mass is 590 g/mol. The molecule has 0 saturated carbocycles. The Labute approximate surface area is 266 Å². The Hall–Kier alpha value is -6.17. The fourth-order valence-corrected chi connectivity index (χ4v) is 7.74. The van der Waals surface area contributed by atoms with Gasteiger partial charge in [0.25, 0.3) is 0 Å². The molecule has 10 rings (SSSR count). The summed E-state index contributed by atoms with van der Waals surface area (Å²) in [6.45, 7) is 0. The molecule has 2 atom stereocenters. The molecule has 5 aromatic carbocycles. The zero-order chi connectivity index (χ0) is 30.8. The van der Waals surface area contributed by atoms with Gasteiger partial charge in [-0.2, -0.15) is 10.5 Å². The summed E-state index contributed by atoms with van der Waals surface area (Å²) in [5, 5.41) is 23.2. The number of furan rings is 1. The van der Waals surface area contributed by atoms with Crippen LogP contribution in [0.15, 0.2) is 126 Å². The lowest BCUT2D eigenvalue weighted by molar-refractivity contribution is 0.507. The molecule has 46 heavy (non-hydrogen) atoms. The number of anilines is 3. The van der Waals surface area contributed by atoms with Gasteiger partial charge in [-0.3, -0.25) is 0 Å². The lowest BCUT2D eigenvalue weighted by atomic mass is 9.64. The van der Waals surface area contributed by atoms with E-state index < -0.39 is 0 Å². The molecular formula is C41H26N4O. The Morgan fingerprint density at radius 2 is 1.33 bits per heavy atom. The summed E-state index contributed by atoms with van der Waals surface area (Å²) in [6.07, 6.45) is 1.92. The van der Waals surface area contributed by atoms with Crippen LogP contribution in [0.3, 0.4) is 0 Å². The minimum atomic E-state index is 0.0551. The van der Waals surface area contributed by atoms with Crippen molar-refractivity contribution < 1.29 is 4.42 Å². The Balaban J connectivity index is 1.37. The van der Waals surface area contributed by atoms with Gasteiger partial charge in [0.15, 0.2) is 11.3 Å². The maximum atomic E-state index is 10.8. The normalized spacial score (nSPS) is 16.0. The Bertz CT molecular complexity index is 2410. The number of hydrogen-bond acceptors (Lipinski definition) is 5. The highest BCUT2D eigenvalue weighted by Gasteiger charge is 2.43. The molecule has 5 nitrogen and oxygen atoms in total. The van der Waals surface area contributed by atoms with Crippen molar-refractivity contribution in [1.29, 1.82) is 10.5 Å². The van der Waals surface area contributed by atoms with Crippen LogP contribution >= 0.6 is 0 Å². The summed E-state index contributed by atoms with van der Waals surface area (Å²) >= 11 is 0. The van der Waals surface area contributed by atoms with E-state index in [1.165, 1.54) is 11.1 Å². The van der Waals surface area contributed by atoms with Gasteiger partial charge in [-0.1, -0.05) is 97.1 Å². The average Bonchev–Trinajstić information content (AvgIpc) is 3.52. The summed E-state index contributed by atoms with van der Waals surface area (Å²) in [5.74, 6) is 0.124. The third-order valence-electron chi connectivity index (χ3n) is 9.70. The van der Waals surface area contributed by atoms with E-state index in [1.807, 2.05) is 48.5 Å². The van der Waals surface area contributed by atoms with Gasteiger partial charge in [0.2, 0.25) is 0 Å². The first-order valence-corrected chi connectivity index (χ1v) is 15.6. The molecule has 216 valence electrons. The largest absolute Gasteiger partial charge is 0.454 e. The van der Waals surface area contributed by atoms with Crippen LogP contribution in [-0.2, 0) is 0 Å². The molecule has 0 radical (unpaired) electrons. The maximum Gasteiger partial charge on any atom is 0.160 e. The number of hydrogen-bond donors (Lipinski definition) is 0. The summed E-state index contributed by atoms with van der Waals surface area (Å²) in [4.78, 5) is 7.07. The third-order valence-corrected chi connectivity index (χ3v) is 9.70. The smallest absolute Gasteiger partial charge is 0.160 e. The first kappa shape index (κ1) is 26.3. The summed E-state index contributed by atoms with van der Waals surface area (Å²) in [6, 6.07) is 46.2. The SMILES string of the molecule is N#Cc1nc2c(c(N(c3ccc(-c4ccccc4)cc3)c3cccc4c3oc3ccccc34)c1C#N)C1CCC2c2ccccc21. The Kier molecular flexibility index (Phi) is 5.82. The van der Waals surface area contributed by atoms with Crippen molar-refractivity contribution in [1.82, 2.24) is 4.98 Å². The topological polar surface area (TPSA) is 76.8 Å². The van der Waals surface area contributed by atoms with Gasteiger partial charge in [-0.05, 0) is 59.4 Å². The first-order chi connectivity index (χ1) is 22.7. The predicted octanol–water partition coefficient (Wildman–Crippen LogP) is 10.2. The predicted molar refractivity (Wildman–Crippen MR) is 180 cm³/mol. The Morgan fingerprint density at radius 3 is 2.11 bits per heavy atom. The molecule has 2 aromatic heterocycles. The van der Waals surface area contributed by atoms with Crippen molar-refractivity contribution in [2.75, 3.05) is 4.90 Å². The van der Waals surface area contributed by atoms with Crippen LogP contribution in [0.5, 0.6) is 0 Å². The molecule has 0 saturated heterocycles. The standard InChI is InChI=1S/C41H26N4O/c42-23-34-35(24-43)44-39-32-22-21-31(28-11-4-5-12-29(28)32)38(39)40(34)45(27-19-17-26(18-20-27)25-9-2-1-3-10-25)36-15-8-14-33-30-13-6-7-16-37(30)46-41(33)36/h1-20,31-32H,21-22H2. The van der Waals surface area contributed by atoms with E-state index in [9.17, 15) is 10.5 Å². The quantitative estimate of drug-likeness (QED) is 0.204. The van der Waals surface area contributed by atoms with Crippen LogP contribution in [0.2, 0.25) is 0 Å². The van der Waals surface area contributed by atoms with E-state index in [4.69, 9.17) is 9.40 Å². The molecule has 7 aromatic rings. The van der Waals surface area contributed by atoms with Gasteiger partial charge in [0.1, 0.15) is 23.3 Å². The zero-order valence-electron chi connectivity index (χ0n) is 24.8. The highest BCUT2D eigenvalue weighted by atomic mass is 16.3. The third kappa shape index (κ3) is 3.76. The molecule has 0 fully saturated rings. The summed E-state index contributed by atoms with van der Waals surface area (Å²) in [5.41, 5.74) is 11.1. The molecule has 0 spiro atoms. The second kappa shape index (κ2) is 10.2. The maximum absolute atomic E-state index is 10.8. The van der Waals surface area contributed by atoms with Crippen LogP contribution < -0.4 is 4.90 Å². The molecule has 2 bridgehead atoms. The van der Waals surface area contributed by atoms with Crippen molar-refractivity contribution in [3.05, 3.63) is 155 Å². The fourth-order valence-electron chi connectivity index (χ4n) is 7.74. The molecular weight excluding hydrogens is 564 g/mol. The number of rotatable bonds is 4. The minimum Gasteiger partial charge on any atom is -0.454 e. The van der Waals surface area contributed by atoms with Crippen LogP contribution in [0, 0.1) is 22.7 Å². The Morgan fingerprint density at radius 1 is 0.652 bits per heavy atom. The number of para-hydroxylation sites is 2. The summed E-state index contributed by atoms with van der Waals surface area (Å²) < 4.78 is 6.59. The molecule has 0 N–H and O–H groups in total. The van der Waals surface area contributed by atoms with Gasteiger partial charge in [-0.15, -0.1) is 0 Å². The molecule has 3 aliphatic rings. The molecule has 0 aliphatic heterocycles. The fraction of sp³-hybridized carbons (Fsp3) is 0.0976. The van der Waals surface area contributed by atoms with Crippen LogP contribution in [0.1, 0.15) is 58.3 Å². The molecule has 5 heteroatoms. The van der Waals surface area contributed by atoms with Gasteiger partial charge < -0.3 is 9.32 Å². The number of aromatic nitrogens is 1. The zero-order valence-corrected chi connectivity index (χ0v) is 24.8. The van der Waals surface area contributed by atoms with Crippen molar-refractivity contribution in [2.24, 2.45) is 0 Å². The van der Waals surface area contributed by atoms with Crippen molar-refractivity contribution >= 4 is 39.0 Å². The first-order valence-electron chi connectivity index (χ1n) is 15.6. The van der Waals surface area contributed by atoms with Gasteiger partial charge in [0, 0.05) is 33.9 Å². The number of benzene rings is 5. The number of nitriles is 2. The minimum absolute atomic E-state index is 0.0551. The van der Waals surface area contributed by atoms with Crippen molar-refractivity contribution in [3.8, 4) is 23.3 Å². The molecule has 2 unspecified atom stereocenters. The highest BCUT2D eigenvalue weighted by Crippen LogP contribution is 2.57. The lowest BCUT2D eigenvalue weighted by Crippen LogP contribution is -2.29. The van der Waals surface area contributed by atoms with E-state index in [0.29, 0.717) is 5.69 Å². The average molecular weight is 591 g/mol. The van der Waals surface area contributed by atoms with Gasteiger partial charge >= 0.3 is 0 Å². The molecule has 0 amide bonds. The van der Waals surface area contributed by atoms with E-state index >= 15 is 0 Å². The lowest BCUT2D eigenvalue weighted by Gasteiger charge is -2.42. The van der Waals surface area contributed by atoms with Crippen molar-refractivity contribution in [2.45, 2.75) is 24.7 Å². The van der Waals surface area contributed by atoms with Crippen LogP contribution in [0.25, 0.3) is 33.1 Å². The summed E-state index contributed by atoms with van der Waals surface area (Å²) in [7, 11) is 0. The van der Waals surface area contributed by atoms with Gasteiger partial charge in [-0.25, -0.2) is 4.98 Å². The van der Waals surface area contributed by atoms with Crippen LogP contribution in [-0.4, -0.2) is 4.98 Å². The van der Waals surface area contributed by atoms with E-state index in [2.05, 4.69) is 89.8 Å². The number of nitrogens with zero attached hydrogens (tertiary/aromatic N) is 4. The van der Waals surface area contributed by atoms with E-state index in [0.717, 1.165) is 68.5 Å². The number of pyridine rings is 1. The van der Waals surface area contributed by atoms with Crippen LogP contribution in [0.4, 0.5) is 17.1 Å². The van der Waals surface area contributed by atoms with Crippen molar-refractivity contribution in [3.63, 3.8) is 0 Å². The van der Waals surface area contributed by atoms with E-state index in [1.54, 1.807) is 0 Å².